The lowest BCUT2D eigenvalue weighted by molar-refractivity contribution is 0.0309. The minimum absolute atomic E-state index is 0.754. The molecule has 0 amide bonds. The van der Waals surface area contributed by atoms with Crippen LogP contribution in [0.2, 0.25) is 0 Å². The molecular weight excluding hydrogens is 266 g/mol. The van der Waals surface area contributed by atoms with E-state index < -0.39 is 0 Å². The summed E-state index contributed by atoms with van der Waals surface area (Å²) in [7, 11) is 0. The van der Waals surface area contributed by atoms with Crippen molar-refractivity contribution in [3.63, 3.8) is 0 Å². The molecule has 5 rings (SSSR count). The number of rotatable bonds is 4. The third-order valence-corrected chi connectivity index (χ3v) is 5.64. The summed E-state index contributed by atoms with van der Waals surface area (Å²) in [5.41, 5.74) is 3.03. The molecule has 2 aromatic carbocycles. The Kier molecular flexibility index (Phi) is 3.99. The van der Waals surface area contributed by atoms with E-state index in [2.05, 4.69) is 65.6 Å². The summed E-state index contributed by atoms with van der Waals surface area (Å²) < 4.78 is 0. The van der Waals surface area contributed by atoms with Crippen molar-refractivity contribution in [1.29, 1.82) is 0 Å². The highest BCUT2D eigenvalue weighted by Gasteiger charge is 2.40. The molecule has 22 heavy (non-hydrogen) atoms. The molecule has 0 spiro atoms. The number of piperidine rings is 2. The molecule has 3 atom stereocenters. The molecule has 0 aromatic heterocycles. The number of hydrogen-bond donors (Lipinski definition) is 0. The van der Waals surface area contributed by atoms with Gasteiger partial charge in [0.25, 0.3) is 0 Å². The van der Waals surface area contributed by atoms with E-state index in [0.29, 0.717) is 0 Å². The van der Waals surface area contributed by atoms with Crippen molar-refractivity contribution < 1.29 is 0 Å². The van der Waals surface area contributed by atoms with E-state index >= 15 is 0 Å². The Bertz CT molecular complexity index is 592. The first-order chi connectivity index (χ1) is 10.9. The maximum Gasteiger partial charge on any atom is 0.0164 e. The van der Waals surface area contributed by atoms with Crippen molar-refractivity contribution in [1.82, 2.24) is 4.90 Å². The van der Waals surface area contributed by atoms with Crippen LogP contribution in [0.3, 0.4) is 0 Å². The van der Waals surface area contributed by atoms with Gasteiger partial charge in [0.2, 0.25) is 0 Å². The van der Waals surface area contributed by atoms with E-state index in [0.717, 1.165) is 17.9 Å². The van der Waals surface area contributed by atoms with E-state index in [-0.39, 0.29) is 0 Å². The van der Waals surface area contributed by atoms with Gasteiger partial charge in [-0.1, -0.05) is 60.7 Å². The Labute approximate surface area is 134 Å². The predicted octanol–water partition coefficient (Wildman–Crippen LogP) is 4.50. The van der Waals surface area contributed by atoms with E-state index in [1.165, 1.54) is 44.3 Å². The molecule has 2 bridgehead atoms. The summed E-state index contributed by atoms with van der Waals surface area (Å²) in [6.45, 7) is 2.54. The predicted molar refractivity (Wildman–Crippen MR) is 92.0 cm³/mol. The van der Waals surface area contributed by atoms with E-state index in [4.69, 9.17) is 0 Å². The first kappa shape index (κ1) is 14.0. The van der Waals surface area contributed by atoms with Gasteiger partial charge in [-0.15, -0.1) is 0 Å². The lowest BCUT2D eigenvalue weighted by Gasteiger charge is -2.50. The monoisotopic (exact) mass is 291 g/mol. The summed E-state index contributed by atoms with van der Waals surface area (Å²) in [6, 6.07) is 22.9. The highest BCUT2D eigenvalue weighted by Crippen LogP contribution is 2.44. The zero-order chi connectivity index (χ0) is 14.8. The van der Waals surface area contributed by atoms with Crippen LogP contribution in [0.15, 0.2) is 60.7 Å². The van der Waals surface area contributed by atoms with Crippen LogP contribution < -0.4 is 0 Å². The van der Waals surface area contributed by atoms with Gasteiger partial charge in [0.05, 0.1) is 0 Å². The molecule has 3 aliphatic rings. The van der Waals surface area contributed by atoms with Gasteiger partial charge in [-0.25, -0.2) is 0 Å². The Balaban J connectivity index is 1.47. The van der Waals surface area contributed by atoms with Gasteiger partial charge in [0.1, 0.15) is 0 Å². The van der Waals surface area contributed by atoms with Crippen molar-refractivity contribution in [2.75, 3.05) is 13.1 Å². The smallest absolute Gasteiger partial charge is 0.0164 e. The largest absolute Gasteiger partial charge is 0.299 e. The van der Waals surface area contributed by atoms with Crippen molar-refractivity contribution in [2.45, 2.75) is 37.6 Å². The summed E-state index contributed by atoms with van der Waals surface area (Å²) >= 11 is 0. The molecule has 114 valence electrons. The summed E-state index contributed by atoms with van der Waals surface area (Å²) in [5, 5.41) is 0. The van der Waals surface area contributed by atoms with Gasteiger partial charge in [-0.05, 0) is 48.6 Å². The van der Waals surface area contributed by atoms with Crippen LogP contribution in [-0.4, -0.2) is 24.0 Å². The van der Waals surface area contributed by atoms with Gasteiger partial charge in [-0.3, -0.25) is 4.90 Å². The van der Waals surface area contributed by atoms with Gasteiger partial charge < -0.3 is 0 Å². The Hall–Kier alpha value is -1.60. The second kappa shape index (κ2) is 6.26. The van der Waals surface area contributed by atoms with Crippen LogP contribution in [0.4, 0.5) is 0 Å². The molecule has 1 heteroatoms. The molecule has 0 radical (unpaired) electrons. The van der Waals surface area contributed by atoms with E-state index in [1.54, 1.807) is 5.56 Å². The highest BCUT2D eigenvalue weighted by molar-refractivity contribution is 5.24. The summed E-state index contributed by atoms with van der Waals surface area (Å²) in [4.78, 5) is 2.78. The molecule has 2 heterocycles. The van der Waals surface area contributed by atoms with Crippen molar-refractivity contribution in [3.8, 4) is 0 Å². The van der Waals surface area contributed by atoms with Gasteiger partial charge in [-0.2, -0.15) is 0 Å². The second-order valence-electron chi connectivity index (χ2n) is 6.99. The fourth-order valence-corrected chi connectivity index (χ4v) is 4.54. The van der Waals surface area contributed by atoms with Crippen molar-refractivity contribution in [3.05, 3.63) is 71.8 Å². The SMILES string of the molecule is c1ccc(CCN2CC3CCC2C(c2ccccc2)C3)cc1. The number of hydrogen-bond acceptors (Lipinski definition) is 1. The first-order valence-corrected chi connectivity index (χ1v) is 8.73. The number of nitrogens with zero attached hydrogens (tertiary/aromatic N) is 1. The Morgan fingerprint density at radius 1 is 0.864 bits per heavy atom. The Morgan fingerprint density at radius 3 is 2.32 bits per heavy atom. The summed E-state index contributed by atoms with van der Waals surface area (Å²) in [5.74, 6) is 1.66. The molecule has 1 aliphatic carbocycles. The molecule has 0 N–H and O–H groups in total. The zero-order valence-electron chi connectivity index (χ0n) is 13.2. The quantitative estimate of drug-likeness (QED) is 0.802. The van der Waals surface area contributed by atoms with E-state index in [9.17, 15) is 0 Å². The lowest BCUT2D eigenvalue weighted by atomic mass is 9.70. The van der Waals surface area contributed by atoms with Gasteiger partial charge in [0.15, 0.2) is 0 Å². The van der Waals surface area contributed by atoms with Crippen LogP contribution in [0, 0.1) is 5.92 Å². The fourth-order valence-electron chi connectivity index (χ4n) is 4.54. The van der Waals surface area contributed by atoms with Gasteiger partial charge in [0, 0.05) is 19.1 Å². The topological polar surface area (TPSA) is 3.24 Å². The minimum atomic E-state index is 0.754. The molecule has 1 nitrogen and oxygen atoms in total. The normalized spacial score (nSPS) is 27.9. The lowest BCUT2D eigenvalue weighted by Crippen LogP contribution is -2.52. The molecule has 2 saturated heterocycles. The third-order valence-electron chi connectivity index (χ3n) is 5.64. The molecule has 3 fully saturated rings. The number of benzene rings is 2. The molecule has 2 aromatic rings. The first-order valence-electron chi connectivity index (χ1n) is 8.73. The fraction of sp³-hybridized carbons (Fsp3) is 0.429. The maximum atomic E-state index is 2.78. The van der Waals surface area contributed by atoms with Crippen LogP contribution >= 0.6 is 0 Å². The molecule has 3 unspecified atom stereocenters. The number of fused-ring (bicyclic) bond motifs is 3. The Morgan fingerprint density at radius 2 is 1.59 bits per heavy atom. The van der Waals surface area contributed by atoms with Crippen LogP contribution in [0.1, 0.15) is 36.3 Å². The standard InChI is InChI=1S/C21H25N/c1-3-7-17(8-4-1)13-14-22-16-18-11-12-21(22)20(15-18)19-9-5-2-6-10-19/h1-10,18,20-21H,11-16H2. The third kappa shape index (κ3) is 2.83. The minimum Gasteiger partial charge on any atom is -0.299 e. The molecule has 1 saturated carbocycles. The maximum absolute atomic E-state index is 2.78. The highest BCUT2D eigenvalue weighted by atomic mass is 15.2. The summed E-state index contributed by atoms with van der Waals surface area (Å²) in [6.07, 6.45) is 5.41. The van der Waals surface area contributed by atoms with Crippen LogP contribution in [-0.2, 0) is 6.42 Å². The average molecular weight is 291 g/mol. The van der Waals surface area contributed by atoms with Crippen molar-refractivity contribution in [2.24, 2.45) is 5.92 Å². The van der Waals surface area contributed by atoms with Crippen LogP contribution in [0.25, 0.3) is 0 Å². The zero-order valence-corrected chi connectivity index (χ0v) is 13.2. The van der Waals surface area contributed by atoms with Gasteiger partial charge >= 0.3 is 0 Å². The molecule has 2 aliphatic heterocycles. The average Bonchev–Trinajstić information content (AvgIpc) is 2.62. The second-order valence-corrected chi connectivity index (χ2v) is 6.99. The van der Waals surface area contributed by atoms with Crippen LogP contribution in [0.5, 0.6) is 0 Å². The molecular formula is C21H25N. The van der Waals surface area contributed by atoms with Crippen molar-refractivity contribution >= 4 is 0 Å². The van der Waals surface area contributed by atoms with E-state index in [1.807, 2.05) is 0 Å².